The molecule has 0 spiro atoms. The summed E-state index contributed by atoms with van der Waals surface area (Å²) in [6.07, 6.45) is 5.22. The van der Waals surface area contributed by atoms with Crippen LogP contribution in [0.4, 0.5) is 10.1 Å². The van der Waals surface area contributed by atoms with Crippen molar-refractivity contribution in [3.05, 3.63) is 36.1 Å². The Morgan fingerprint density at radius 2 is 2.07 bits per heavy atom. The third kappa shape index (κ3) is 4.82. The molecule has 1 aromatic rings. The van der Waals surface area contributed by atoms with Gasteiger partial charge in [-0.3, -0.25) is 9.88 Å². The zero-order valence-corrected chi connectivity index (χ0v) is 17.5. The second kappa shape index (κ2) is 9.67. The number of aromatic nitrogens is 1. The number of allylic oxidation sites excluding steroid dienone is 1. The van der Waals surface area contributed by atoms with Crippen LogP contribution in [0.25, 0.3) is 0 Å². The van der Waals surface area contributed by atoms with E-state index in [2.05, 4.69) is 32.7 Å². The molecule has 2 atom stereocenters. The van der Waals surface area contributed by atoms with Gasteiger partial charge in [-0.15, -0.1) is 0 Å². The van der Waals surface area contributed by atoms with E-state index in [1.165, 1.54) is 43.5 Å². The van der Waals surface area contributed by atoms with Crippen molar-refractivity contribution >= 4 is 5.69 Å². The lowest BCUT2D eigenvalue weighted by Crippen LogP contribution is -2.51. The molecule has 3 rings (SSSR count). The lowest BCUT2D eigenvalue weighted by molar-refractivity contribution is 0.182. The molecule has 0 saturated carbocycles. The van der Waals surface area contributed by atoms with Gasteiger partial charge in [0.2, 0.25) is 0 Å². The summed E-state index contributed by atoms with van der Waals surface area (Å²) in [6.45, 7) is 11.8. The summed E-state index contributed by atoms with van der Waals surface area (Å²) < 4.78 is 13.7. The number of piperazine rings is 1. The van der Waals surface area contributed by atoms with Gasteiger partial charge in [0.25, 0.3) is 0 Å². The van der Waals surface area contributed by atoms with Crippen LogP contribution in [0.2, 0.25) is 0 Å². The van der Waals surface area contributed by atoms with Crippen molar-refractivity contribution in [2.75, 3.05) is 57.8 Å². The van der Waals surface area contributed by atoms with Crippen molar-refractivity contribution in [2.24, 2.45) is 5.73 Å². The zero-order valence-electron chi connectivity index (χ0n) is 17.5. The Labute approximate surface area is 168 Å². The highest BCUT2D eigenvalue weighted by atomic mass is 19.1. The Hall–Kier alpha value is -1.70. The van der Waals surface area contributed by atoms with E-state index in [1.54, 1.807) is 14.0 Å². The van der Waals surface area contributed by atoms with E-state index in [0.717, 1.165) is 31.9 Å². The molecule has 0 bridgehead atoms. The first kappa shape index (κ1) is 21.0. The maximum absolute atomic E-state index is 13.7. The highest BCUT2D eigenvalue weighted by molar-refractivity contribution is 5.45. The molecule has 0 aliphatic carbocycles. The maximum atomic E-state index is 13.7. The minimum atomic E-state index is -0.587. The number of halogens is 1. The molecule has 0 aromatic carbocycles. The number of rotatable bonds is 7. The largest absolute Gasteiger partial charge is 0.368 e. The lowest BCUT2D eigenvalue weighted by Gasteiger charge is -2.39. The van der Waals surface area contributed by atoms with Crippen LogP contribution in [0.3, 0.4) is 0 Å². The van der Waals surface area contributed by atoms with E-state index in [0.29, 0.717) is 11.7 Å². The monoisotopic (exact) mass is 390 g/mol. The summed E-state index contributed by atoms with van der Waals surface area (Å²) in [5.74, 6) is -0.348. The smallest absolute Gasteiger partial charge is 0.186 e. The lowest BCUT2D eigenvalue weighted by atomic mass is 10.1. The summed E-state index contributed by atoms with van der Waals surface area (Å²) in [5.41, 5.74) is 7.91. The number of nitrogens with zero attached hydrogens (tertiary/aromatic N) is 5. The fraction of sp³-hybridized carbons (Fsp3) is 0.667. The van der Waals surface area contributed by atoms with E-state index in [9.17, 15) is 4.39 Å². The van der Waals surface area contributed by atoms with Crippen molar-refractivity contribution in [2.45, 2.75) is 38.9 Å². The van der Waals surface area contributed by atoms with Crippen LogP contribution in [0.1, 0.15) is 38.5 Å². The molecular formula is C21H35FN6. The van der Waals surface area contributed by atoms with Crippen LogP contribution in [-0.4, -0.2) is 78.6 Å². The first-order valence-corrected chi connectivity index (χ1v) is 10.5. The molecular weight excluding hydrogens is 355 g/mol. The standard InChI is InChI=1S/C21H35FN6/c1-4-9-26-10-8-18(16-26)28-13-11-27(12-14-28)17-6-7-19(24-15-17)21(23)25(3)20(22)5-2/h5-7,15,18,21H,4,8-14,16,23H2,1-3H3/b20-5+. The molecule has 2 unspecified atom stereocenters. The van der Waals surface area contributed by atoms with Gasteiger partial charge in [-0.1, -0.05) is 6.92 Å². The fourth-order valence-corrected chi connectivity index (χ4v) is 4.27. The molecule has 2 N–H and O–H groups in total. The van der Waals surface area contributed by atoms with Gasteiger partial charge in [0.15, 0.2) is 5.95 Å². The first-order valence-electron chi connectivity index (χ1n) is 10.5. The van der Waals surface area contributed by atoms with E-state index in [4.69, 9.17) is 5.73 Å². The van der Waals surface area contributed by atoms with Gasteiger partial charge in [0.1, 0.15) is 6.17 Å². The molecule has 0 amide bonds. The van der Waals surface area contributed by atoms with E-state index in [-0.39, 0.29) is 5.95 Å². The molecule has 28 heavy (non-hydrogen) atoms. The summed E-state index contributed by atoms with van der Waals surface area (Å²) in [6, 6.07) is 4.67. The van der Waals surface area contributed by atoms with E-state index in [1.807, 2.05) is 12.3 Å². The minimum absolute atomic E-state index is 0.348. The van der Waals surface area contributed by atoms with Gasteiger partial charge in [0.05, 0.1) is 17.6 Å². The number of hydrogen-bond donors (Lipinski definition) is 1. The van der Waals surface area contributed by atoms with Crippen molar-refractivity contribution in [3.8, 4) is 0 Å². The number of likely N-dealkylation sites (tertiary alicyclic amines) is 1. The average Bonchev–Trinajstić information content (AvgIpc) is 3.21. The molecule has 3 heterocycles. The molecule has 6 nitrogen and oxygen atoms in total. The number of pyridine rings is 1. The first-order chi connectivity index (χ1) is 13.5. The van der Waals surface area contributed by atoms with Crippen molar-refractivity contribution in [3.63, 3.8) is 0 Å². The Balaban J connectivity index is 1.52. The Kier molecular flexibility index (Phi) is 7.26. The van der Waals surface area contributed by atoms with Crippen LogP contribution in [0, 0.1) is 0 Å². The van der Waals surface area contributed by atoms with Crippen LogP contribution in [0.5, 0.6) is 0 Å². The number of nitrogens with two attached hydrogens (primary N) is 1. The van der Waals surface area contributed by atoms with Crippen LogP contribution in [0.15, 0.2) is 30.4 Å². The van der Waals surface area contributed by atoms with Gasteiger partial charge >= 0.3 is 0 Å². The summed E-state index contributed by atoms with van der Waals surface area (Å²) in [4.78, 5) is 13.5. The molecule has 2 aliphatic rings. The zero-order chi connectivity index (χ0) is 20.1. The van der Waals surface area contributed by atoms with Gasteiger partial charge < -0.3 is 20.4 Å². The molecule has 1 aromatic heterocycles. The Morgan fingerprint density at radius 3 is 2.68 bits per heavy atom. The predicted octanol–water partition coefficient (Wildman–Crippen LogP) is 2.41. The van der Waals surface area contributed by atoms with Crippen molar-refractivity contribution in [1.29, 1.82) is 0 Å². The predicted molar refractivity (Wildman–Crippen MR) is 113 cm³/mol. The van der Waals surface area contributed by atoms with Gasteiger partial charge in [-0.25, -0.2) is 0 Å². The van der Waals surface area contributed by atoms with Gasteiger partial charge in [-0.05, 0) is 51.1 Å². The SMILES string of the molecule is C/C=C(\F)N(C)C(N)c1ccc(N2CCN(C3CCN(CCC)C3)CC2)cn1. The summed E-state index contributed by atoms with van der Waals surface area (Å²) in [5, 5.41) is 0. The number of hydrogen-bond acceptors (Lipinski definition) is 6. The van der Waals surface area contributed by atoms with Gasteiger partial charge in [-0.2, -0.15) is 4.39 Å². The summed E-state index contributed by atoms with van der Waals surface area (Å²) in [7, 11) is 1.64. The Bertz CT molecular complexity index is 641. The van der Waals surface area contributed by atoms with Crippen LogP contribution < -0.4 is 10.6 Å². The molecule has 156 valence electrons. The highest BCUT2D eigenvalue weighted by Gasteiger charge is 2.29. The third-order valence-electron chi connectivity index (χ3n) is 6.05. The number of anilines is 1. The van der Waals surface area contributed by atoms with Crippen molar-refractivity contribution in [1.82, 2.24) is 19.7 Å². The quantitative estimate of drug-likeness (QED) is 0.570. The van der Waals surface area contributed by atoms with Crippen LogP contribution >= 0.6 is 0 Å². The molecule has 2 aliphatic heterocycles. The van der Waals surface area contributed by atoms with Gasteiger partial charge in [0, 0.05) is 45.8 Å². The van der Waals surface area contributed by atoms with E-state index < -0.39 is 6.17 Å². The summed E-state index contributed by atoms with van der Waals surface area (Å²) >= 11 is 0. The average molecular weight is 391 g/mol. The highest BCUT2D eigenvalue weighted by Crippen LogP contribution is 2.23. The second-order valence-electron chi connectivity index (χ2n) is 7.87. The molecule has 0 radical (unpaired) electrons. The normalized spacial score (nSPS) is 23.2. The maximum Gasteiger partial charge on any atom is 0.186 e. The molecule has 2 saturated heterocycles. The topological polar surface area (TPSA) is 51.9 Å². The third-order valence-corrected chi connectivity index (χ3v) is 6.05. The molecule has 2 fully saturated rings. The second-order valence-corrected chi connectivity index (χ2v) is 7.87. The fourth-order valence-electron chi connectivity index (χ4n) is 4.27. The van der Waals surface area contributed by atoms with Crippen LogP contribution in [-0.2, 0) is 0 Å². The molecule has 7 heteroatoms. The van der Waals surface area contributed by atoms with E-state index >= 15 is 0 Å². The minimum Gasteiger partial charge on any atom is -0.368 e. The van der Waals surface area contributed by atoms with Crippen molar-refractivity contribution < 1.29 is 4.39 Å². The Morgan fingerprint density at radius 1 is 1.32 bits per heavy atom.